The number of ether oxygens (including phenoxy) is 1. The molecule has 0 saturated carbocycles. The van der Waals surface area contributed by atoms with E-state index in [1.165, 1.54) is 18.7 Å². The first kappa shape index (κ1) is 18.7. The summed E-state index contributed by atoms with van der Waals surface area (Å²) in [6.45, 7) is 2.85. The fourth-order valence-corrected chi connectivity index (χ4v) is 2.80. The Kier molecular flexibility index (Phi) is 6.36. The van der Waals surface area contributed by atoms with Crippen molar-refractivity contribution in [3.05, 3.63) is 59.2 Å². The summed E-state index contributed by atoms with van der Waals surface area (Å²) >= 11 is 1.46. The molecule has 0 bridgehead atoms. The van der Waals surface area contributed by atoms with Gasteiger partial charge < -0.3 is 10.1 Å². The molecule has 0 unspecified atom stereocenters. The van der Waals surface area contributed by atoms with Crippen molar-refractivity contribution in [3.63, 3.8) is 0 Å². The molecular weight excluding hydrogens is 338 g/mol. The smallest absolute Gasteiger partial charge is 0.338 e. The van der Waals surface area contributed by atoms with E-state index in [-0.39, 0.29) is 18.3 Å². The van der Waals surface area contributed by atoms with Crippen LogP contribution in [0.3, 0.4) is 0 Å². The van der Waals surface area contributed by atoms with Crippen LogP contribution in [0.25, 0.3) is 0 Å². The van der Waals surface area contributed by atoms with Gasteiger partial charge in [-0.2, -0.15) is 0 Å². The molecule has 0 aliphatic rings. The third kappa shape index (κ3) is 4.93. The number of amides is 1. The number of nitrogens with one attached hydrogen (secondary N) is 1. The van der Waals surface area contributed by atoms with Crippen molar-refractivity contribution in [1.82, 2.24) is 0 Å². The molecule has 1 N–H and O–H groups in total. The molecule has 2 aromatic carbocycles. The summed E-state index contributed by atoms with van der Waals surface area (Å²) in [7, 11) is 0. The first-order valence-corrected chi connectivity index (χ1v) is 8.86. The van der Waals surface area contributed by atoms with Gasteiger partial charge in [-0.25, -0.2) is 4.79 Å². The van der Waals surface area contributed by atoms with Crippen molar-refractivity contribution in [2.75, 3.05) is 18.2 Å². The fourth-order valence-electron chi connectivity index (χ4n) is 2.26. The summed E-state index contributed by atoms with van der Waals surface area (Å²) in [6.07, 6.45) is 1.88. The predicted molar refractivity (Wildman–Crippen MR) is 98.3 cm³/mol. The topological polar surface area (TPSA) is 72.5 Å². The van der Waals surface area contributed by atoms with Gasteiger partial charge in [0, 0.05) is 17.4 Å². The second kappa shape index (κ2) is 8.48. The lowest BCUT2D eigenvalue weighted by molar-refractivity contribution is -0.114. The molecule has 0 aliphatic carbocycles. The summed E-state index contributed by atoms with van der Waals surface area (Å²) in [6, 6.07) is 12.0. The van der Waals surface area contributed by atoms with Crippen LogP contribution in [0.5, 0.6) is 0 Å². The minimum absolute atomic E-state index is 0.217. The van der Waals surface area contributed by atoms with E-state index in [9.17, 15) is 14.4 Å². The number of anilines is 1. The molecule has 0 aliphatic heterocycles. The Morgan fingerprint density at radius 3 is 2.48 bits per heavy atom. The number of carbonyl (C=O) groups is 3. The van der Waals surface area contributed by atoms with E-state index < -0.39 is 5.97 Å². The Labute approximate surface area is 150 Å². The maximum atomic E-state index is 12.3. The van der Waals surface area contributed by atoms with E-state index in [0.29, 0.717) is 16.8 Å². The van der Waals surface area contributed by atoms with E-state index in [0.717, 1.165) is 10.5 Å². The molecule has 0 aromatic heterocycles. The lowest BCUT2D eigenvalue weighted by atomic mass is 10.1. The quantitative estimate of drug-likeness (QED) is 0.485. The molecule has 6 heteroatoms. The number of ketones is 1. The molecule has 0 radical (unpaired) electrons. The standard InChI is InChI=1S/C19H19NO4S/c1-12-6-4-5-7-15(12)19(23)24-11-17(22)14-8-9-18(25-3)16(10-14)20-13(2)21/h4-10H,11H2,1-3H3,(H,20,21). The maximum Gasteiger partial charge on any atom is 0.338 e. The van der Waals surface area contributed by atoms with Gasteiger partial charge in [0.25, 0.3) is 0 Å². The van der Waals surface area contributed by atoms with E-state index in [1.54, 1.807) is 43.3 Å². The van der Waals surface area contributed by atoms with E-state index in [4.69, 9.17) is 4.74 Å². The molecule has 0 atom stereocenters. The zero-order chi connectivity index (χ0) is 18.4. The molecule has 0 saturated heterocycles. The molecule has 2 aromatic rings. The Morgan fingerprint density at radius 1 is 1.12 bits per heavy atom. The number of esters is 1. The van der Waals surface area contributed by atoms with Crippen molar-refractivity contribution >= 4 is 35.1 Å². The third-order valence-electron chi connectivity index (χ3n) is 3.53. The van der Waals surface area contributed by atoms with Gasteiger partial charge in [-0.1, -0.05) is 24.3 Å². The first-order chi connectivity index (χ1) is 11.9. The molecule has 25 heavy (non-hydrogen) atoms. The van der Waals surface area contributed by atoms with E-state index >= 15 is 0 Å². The summed E-state index contributed by atoms with van der Waals surface area (Å²) in [5, 5.41) is 2.70. The molecule has 0 fully saturated rings. The maximum absolute atomic E-state index is 12.3. The Morgan fingerprint density at radius 2 is 1.84 bits per heavy atom. The van der Waals surface area contributed by atoms with Crippen LogP contribution in [-0.2, 0) is 9.53 Å². The number of Topliss-reactive ketones (excluding diaryl/α,β-unsaturated/α-hetero) is 1. The minimum atomic E-state index is -0.533. The lowest BCUT2D eigenvalue weighted by Crippen LogP contribution is -2.15. The van der Waals surface area contributed by atoms with Crippen molar-refractivity contribution in [2.45, 2.75) is 18.7 Å². The Bertz CT molecular complexity index is 817. The van der Waals surface area contributed by atoms with Crippen molar-refractivity contribution in [1.29, 1.82) is 0 Å². The SMILES string of the molecule is CSc1ccc(C(=O)COC(=O)c2ccccc2C)cc1NC(C)=O. The summed E-state index contributed by atoms with van der Waals surface area (Å²) in [4.78, 5) is 36.5. The Hall–Kier alpha value is -2.60. The van der Waals surface area contributed by atoms with Gasteiger partial charge in [0.2, 0.25) is 5.91 Å². The van der Waals surface area contributed by atoms with Crippen LogP contribution in [0, 0.1) is 6.92 Å². The normalized spacial score (nSPS) is 10.2. The molecule has 2 rings (SSSR count). The fraction of sp³-hybridized carbons (Fsp3) is 0.211. The van der Waals surface area contributed by atoms with E-state index in [1.807, 2.05) is 12.3 Å². The van der Waals surface area contributed by atoms with Crippen molar-refractivity contribution in [2.24, 2.45) is 0 Å². The van der Waals surface area contributed by atoms with Gasteiger partial charge in [0.1, 0.15) is 0 Å². The summed E-state index contributed by atoms with van der Waals surface area (Å²) in [5.41, 5.74) is 2.17. The molecule has 130 valence electrons. The lowest BCUT2D eigenvalue weighted by Gasteiger charge is -2.10. The van der Waals surface area contributed by atoms with Gasteiger partial charge in [0.05, 0.1) is 11.3 Å². The largest absolute Gasteiger partial charge is 0.454 e. The number of rotatable bonds is 6. The van der Waals surface area contributed by atoms with Crippen LogP contribution < -0.4 is 5.32 Å². The minimum Gasteiger partial charge on any atom is -0.454 e. The number of thioether (sulfide) groups is 1. The number of hydrogen-bond donors (Lipinski definition) is 1. The van der Waals surface area contributed by atoms with Crippen molar-refractivity contribution in [3.8, 4) is 0 Å². The molecular formula is C19H19NO4S. The van der Waals surface area contributed by atoms with E-state index in [2.05, 4.69) is 5.32 Å². The number of benzene rings is 2. The Balaban J connectivity index is 2.09. The zero-order valence-corrected chi connectivity index (χ0v) is 15.1. The number of hydrogen-bond acceptors (Lipinski definition) is 5. The van der Waals surface area contributed by atoms with Gasteiger partial charge in [-0.3, -0.25) is 9.59 Å². The van der Waals surface area contributed by atoms with Crippen LogP contribution in [-0.4, -0.2) is 30.5 Å². The number of carbonyl (C=O) groups excluding carboxylic acids is 3. The summed E-state index contributed by atoms with van der Waals surface area (Å²) in [5.74, 6) is -1.08. The zero-order valence-electron chi connectivity index (χ0n) is 14.3. The molecule has 0 spiro atoms. The molecule has 0 heterocycles. The highest BCUT2D eigenvalue weighted by Gasteiger charge is 2.15. The number of aryl methyl sites for hydroxylation is 1. The second-order valence-electron chi connectivity index (χ2n) is 5.41. The van der Waals surface area contributed by atoms with Crippen LogP contribution >= 0.6 is 11.8 Å². The highest BCUT2D eigenvalue weighted by Crippen LogP contribution is 2.26. The van der Waals surface area contributed by atoms with Gasteiger partial charge in [0.15, 0.2) is 12.4 Å². The average Bonchev–Trinajstić information content (AvgIpc) is 2.59. The van der Waals surface area contributed by atoms with Crippen LogP contribution in [0.15, 0.2) is 47.4 Å². The predicted octanol–water partition coefficient (Wildman–Crippen LogP) is 3.72. The average molecular weight is 357 g/mol. The highest BCUT2D eigenvalue weighted by atomic mass is 32.2. The monoisotopic (exact) mass is 357 g/mol. The van der Waals surface area contributed by atoms with Crippen LogP contribution in [0.4, 0.5) is 5.69 Å². The third-order valence-corrected chi connectivity index (χ3v) is 4.33. The highest BCUT2D eigenvalue weighted by molar-refractivity contribution is 7.98. The van der Waals surface area contributed by atoms with Gasteiger partial charge in [-0.05, 0) is 36.9 Å². The first-order valence-electron chi connectivity index (χ1n) is 7.64. The van der Waals surface area contributed by atoms with Crippen molar-refractivity contribution < 1.29 is 19.1 Å². The van der Waals surface area contributed by atoms with Crippen LogP contribution in [0.2, 0.25) is 0 Å². The molecule has 5 nitrogen and oxygen atoms in total. The van der Waals surface area contributed by atoms with Crippen LogP contribution in [0.1, 0.15) is 33.2 Å². The summed E-state index contributed by atoms with van der Waals surface area (Å²) < 4.78 is 5.12. The molecule has 1 amide bonds. The van der Waals surface area contributed by atoms with Gasteiger partial charge >= 0.3 is 5.97 Å². The van der Waals surface area contributed by atoms with Gasteiger partial charge in [-0.15, -0.1) is 11.8 Å². The second-order valence-corrected chi connectivity index (χ2v) is 6.26.